The van der Waals surface area contributed by atoms with Crippen molar-refractivity contribution in [2.24, 2.45) is 0 Å². The first-order valence-electron chi connectivity index (χ1n) is 10.7. The van der Waals surface area contributed by atoms with Crippen molar-refractivity contribution < 1.29 is 0 Å². The van der Waals surface area contributed by atoms with Gasteiger partial charge >= 0.3 is 0 Å². The van der Waals surface area contributed by atoms with Gasteiger partial charge in [-0.25, -0.2) is 0 Å². The maximum absolute atomic E-state index is 12.3. The molecule has 0 atom stereocenters. The zero-order valence-electron chi connectivity index (χ0n) is 16.8. The van der Waals surface area contributed by atoms with Crippen LogP contribution in [-0.4, -0.2) is 22.6 Å². The Morgan fingerprint density at radius 2 is 1.93 bits per heavy atom. The van der Waals surface area contributed by atoms with Crippen LogP contribution in [0.1, 0.15) is 61.8 Å². The summed E-state index contributed by atoms with van der Waals surface area (Å²) in [7, 11) is 0. The smallest absolute Gasteiger partial charge is 0.250 e. The number of H-pyrrole nitrogens is 1. The minimum absolute atomic E-state index is 0.131. The Kier molecular flexibility index (Phi) is 4.39. The van der Waals surface area contributed by atoms with Crippen LogP contribution in [0.2, 0.25) is 0 Å². The van der Waals surface area contributed by atoms with Gasteiger partial charge in [0.05, 0.1) is 5.69 Å². The normalized spacial score (nSPS) is 17.5. The summed E-state index contributed by atoms with van der Waals surface area (Å²) in [6.07, 6.45) is 4.48. The van der Waals surface area contributed by atoms with E-state index < -0.39 is 0 Å². The second-order valence-electron chi connectivity index (χ2n) is 8.68. The molecule has 2 aromatic heterocycles. The highest BCUT2D eigenvalue weighted by atomic mass is 16.1. The number of rotatable bonds is 3. The molecule has 28 heavy (non-hydrogen) atoms. The molecule has 1 fully saturated rings. The summed E-state index contributed by atoms with van der Waals surface area (Å²) in [5.41, 5.74) is 7.80. The highest BCUT2D eigenvalue weighted by molar-refractivity contribution is 5.92. The van der Waals surface area contributed by atoms with E-state index in [9.17, 15) is 4.79 Å². The number of hydrogen-bond donors (Lipinski definition) is 2. The lowest BCUT2D eigenvalue weighted by molar-refractivity contribution is 0.460. The quantitative estimate of drug-likeness (QED) is 0.706. The lowest BCUT2D eigenvalue weighted by Crippen LogP contribution is -2.26. The average Bonchev–Trinajstić information content (AvgIpc) is 3.34. The van der Waals surface area contributed by atoms with Crippen LogP contribution in [0.15, 0.2) is 35.1 Å². The highest BCUT2D eigenvalue weighted by Crippen LogP contribution is 2.39. The van der Waals surface area contributed by atoms with Crippen LogP contribution in [0.25, 0.3) is 22.2 Å². The molecule has 5 rings (SSSR count). The van der Waals surface area contributed by atoms with Gasteiger partial charge in [0.25, 0.3) is 5.56 Å². The monoisotopic (exact) mass is 375 g/mol. The third-order valence-electron chi connectivity index (χ3n) is 6.61. The number of aromatic nitrogens is 2. The average molecular weight is 376 g/mol. The minimum atomic E-state index is 0.131. The zero-order valence-corrected chi connectivity index (χ0v) is 16.8. The molecule has 4 heterocycles. The predicted octanol–water partition coefficient (Wildman–Crippen LogP) is 4.53. The van der Waals surface area contributed by atoms with Gasteiger partial charge in [-0.3, -0.25) is 4.79 Å². The fraction of sp³-hybridized carbons (Fsp3) is 0.458. The number of hydrogen-bond acceptors (Lipinski definition) is 2. The van der Waals surface area contributed by atoms with E-state index >= 15 is 0 Å². The van der Waals surface area contributed by atoms with Gasteiger partial charge in [-0.15, -0.1) is 0 Å². The number of piperidine rings is 1. The fourth-order valence-corrected chi connectivity index (χ4v) is 5.22. The summed E-state index contributed by atoms with van der Waals surface area (Å²) in [6.45, 7) is 7.63. The van der Waals surface area contributed by atoms with Gasteiger partial charge in [0, 0.05) is 34.8 Å². The number of benzene rings is 1. The van der Waals surface area contributed by atoms with Crippen molar-refractivity contribution >= 4 is 10.9 Å². The Balaban J connectivity index is 1.69. The van der Waals surface area contributed by atoms with E-state index in [2.05, 4.69) is 42.3 Å². The third-order valence-corrected chi connectivity index (χ3v) is 6.61. The lowest BCUT2D eigenvalue weighted by Gasteiger charge is -2.23. The Bertz CT molecular complexity index is 1080. The van der Waals surface area contributed by atoms with Gasteiger partial charge in [-0.05, 0) is 79.9 Å². The molecule has 0 bridgehead atoms. The van der Waals surface area contributed by atoms with Gasteiger partial charge in [-0.2, -0.15) is 0 Å². The molecule has 0 unspecified atom stereocenters. The van der Waals surface area contributed by atoms with E-state index in [0.717, 1.165) is 32.5 Å². The molecule has 4 heteroatoms. The van der Waals surface area contributed by atoms with E-state index in [4.69, 9.17) is 0 Å². The third kappa shape index (κ3) is 2.82. The lowest BCUT2D eigenvalue weighted by atomic mass is 9.88. The van der Waals surface area contributed by atoms with Crippen molar-refractivity contribution in [3.8, 4) is 11.3 Å². The maximum Gasteiger partial charge on any atom is 0.250 e. The van der Waals surface area contributed by atoms with Gasteiger partial charge in [-0.1, -0.05) is 19.9 Å². The van der Waals surface area contributed by atoms with Gasteiger partial charge in [0.1, 0.15) is 0 Å². The number of nitrogens with zero attached hydrogens (tertiary/aromatic N) is 1. The second kappa shape index (κ2) is 6.93. The summed E-state index contributed by atoms with van der Waals surface area (Å²) >= 11 is 0. The van der Waals surface area contributed by atoms with Gasteiger partial charge in [0.15, 0.2) is 0 Å². The molecule has 0 spiro atoms. The van der Waals surface area contributed by atoms with Crippen LogP contribution in [0.5, 0.6) is 0 Å². The van der Waals surface area contributed by atoms with E-state index in [1.807, 2.05) is 10.6 Å². The summed E-state index contributed by atoms with van der Waals surface area (Å²) < 4.78 is 1.96. The summed E-state index contributed by atoms with van der Waals surface area (Å²) in [6, 6.07) is 10.8. The Morgan fingerprint density at radius 1 is 1.11 bits per heavy atom. The highest BCUT2D eigenvalue weighted by Gasteiger charge is 2.23. The summed E-state index contributed by atoms with van der Waals surface area (Å²) in [5.74, 6) is 1.07. The van der Waals surface area contributed by atoms with Crippen molar-refractivity contribution in [3.63, 3.8) is 0 Å². The Labute approximate surface area is 166 Å². The van der Waals surface area contributed by atoms with Gasteiger partial charge in [0.2, 0.25) is 0 Å². The van der Waals surface area contributed by atoms with Crippen LogP contribution in [-0.2, 0) is 13.0 Å². The largest absolute Gasteiger partial charge is 0.354 e. The molecule has 0 amide bonds. The standard InChI is InChI=1S/C24H29N3O/c1-15(2)23-19-14-17(16-9-11-25-12-10-16)5-7-20(19)26-24(23)18-6-8-22(28)27-13-3-4-21(18)27/h5-8,14-16,25-26H,3-4,9-13H2,1-2H3. The van der Waals surface area contributed by atoms with E-state index in [1.54, 1.807) is 6.07 Å². The minimum Gasteiger partial charge on any atom is -0.354 e. The molecule has 0 saturated carbocycles. The second-order valence-corrected chi connectivity index (χ2v) is 8.68. The molecule has 3 aromatic rings. The summed E-state index contributed by atoms with van der Waals surface area (Å²) in [4.78, 5) is 16.0. The SMILES string of the molecule is CC(C)c1c(-c2ccc(=O)n3c2CCC3)[nH]c2ccc(C3CCNCC3)cc12. The number of fused-ring (bicyclic) bond motifs is 2. The van der Waals surface area contributed by atoms with Crippen LogP contribution in [0, 0.1) is 0 Å². The molecule has 2 aliphatic heterocycles. The molecule has 2 N–H and O–H groups in total. The molecule has 0 aliphatic carbocycles. The summed E-state index contributed by atoms with van der Waals surface area (Å²) in [5, 5.41) is 4.82. The van der Waals surface area contributed by atoms with Gasteiger partial charge < -0.3 is 14.9 Å². The van der Waals surface area contributed by atoms with E-state index in [0.29, 0.717) is 11.8 Å². The Hall–Kier alpha value is -2.33. The predicted molar refractivity (Wildman–Crippen MR) is 115 cm³/mol. The van der Waals surface area contributed by atoms with Crippen LogP contribution in [0.4, 0.5) is 0 Å². The van der Waals surface area contributed by atoms with Crippen molar-refractivity contribution in [1.29, 1.82) is 0 Å². The van der Waals surface area contributed by atoms with E-state index in [1.165, 1.54) is 51.8 Å². The fourth-order valence-electron chi connectivity index (χ4n) is 5.22. The first-order chi connectivity index (χ1) is 13.6. The topological polar surface area (TPSA) is 49.8 Å². The van der Waals surface area contributed by atoms with Crippen LogP contribution >= 0.6 is 0 Å². The molecule has 0 radical (unpaired) electrons. The first-order valence-corrected chi connectivity index (χ1v) is 10.7. The Morgan fingerprint density at radius 3 is 2.71 bits per heavy atom. The van der Waals surface area contributed by atoms with Crippen molar-refractivity contribution in [1.82, 2.24) is 14.9 Å². The van der Waals surface area contributed by atoms with Crippen molar-refractivity contribution in [2.75, 3.05) is 13.1 Å². The van der Waals surface area contributed by atoms with Crippen molar-refractivity contribution in [2.45, 2.75) is 57.9 Å². The number of aromatic amines is 1. The molecule has 146 valence electrons. The number of nitrogens with one attached hydrogen (secondary N) is 2. The molecular weight excluding hydrogens is 346 g/mol. The molecular formula is C24H29N3O. The molecule has 1 saturated heterocycles. The van der Waals surface area contributed by atoms with Crippen LogP contribution in [0.3, 0.4) is 0 Å². The number of pyridine rings is 1. The zero-order chi connectivity index (χ0) is 19.3. The van der Waals surface area contributed by atoms with E-state index in [-0.39, 0.29) is 5.56 Å². The first kappa shape index (κ1) is 17.7. The van der Waals surface area contributed by atoms with Crippen molar-refractivity contribution in [3.05, 3.63) is 57.5 Å². The molecule has 4 nitrogen and oxygen atoms in total. The van der Waals surface area contributed by atoms with Crippen LogP contribution < -0.4 is 10.9 Å². The molecule has 1 aromatic carbocycles. The molecule has 2 aliphatic rings. The maximum atomic E-state index is 12.3.